The predicted octanol–water partition coefficient (Wildman–Crippen LogP) is 3.01. The number of benzene rings is 2. The number of amides is 1. The Morgan fingerprint density at radius 2 is 1.74 bits per heavy atom. The number of hydrogen-bond acceptors (Lipinski definition) is 3. The average Bonchev–Trinajstić information content (AvgIpc) is 2.49. The van der Waals surface area contributed by atoms with Crippen molar-refractivity contribution in [1.82, 2.24) is 5.32 Å². The molecule has 2 aromatic rings. The number of carbonyl (C=O) groups is 1. The minimum absolute atomic E-state index is 0.0209. The lowest BCUT2D eigenvalue weighted by molar-refractivity contribution is -0.121. The number of carbonyl (C=O) groups excluding carboxylic acids is 1. The molecule has 0 saturated heterocycles. The first-order valence-corrected chi connectivity index (χ1v) is 7.78. The van der Waals surface area contributed by atoms with Crippen molar-refractivity contribution < 1.29 is 9.53 Å². The van der Waals surface area contributed by atoms with Crippen molar-refractivity contribution in [3.05, 3.63) is 59.2 Å². The molecule has 3 N–H and O–H groups in total. The van der Waals surface area contributed by atoms with E-state index in [1.54, 1.807) is 12.1 Å². The number of ether oxygens (including phenoxy) is 1. The summed E-state index contributed by atoms with van der Waals surface area (Å²) in [4.78, 5) is 12.1. The fraction of sp³-hybridized carbons (Fsp3) is 0.316. The van der Waals surface area contributed by atoms with E-state index >= 15 is 0 Å². The Morgan fingerprint density at radius 1 is 1.13 bits per heavy atom. The highest BCUT2D eigenvalue weighted by Crippen LogP contribution is 2.22. The summed E-state index contributed by atoms with van der Waals surface area (Å²) in [7, 11) is 0. The Labute approximate surface area is 137 Å². The SMILES string of the molecule is Cc1cccc(C)c1OCC(C)NC(=O)Cc1ccc(N)cc1. The van der Waals surface area contributed by atoms with E-state index in [0.717, 1.165) is 22.4 Å². The third-order valence-electron chi connectivity index (χ3n) is 3.64. The van der Waals surface area contributed by atoms with Gasteiger partial charge in [0.05, 0.1) is 12.5 Å². The third-order valence-corrected chi connectivity index (χ3v) is 3.64. The molecule has 122 valence electrons. The van der Waals surface area contributed by atoms with Gasteiger partial charge in [-0.15, -0.1) is 0 Å². The molecule has 0 aliphatic heterocycles. The molecule has 23 heavy (non-hydrogen) atoms. The van der Waals surface area contributed by atoms with Crippen molar-refractivity contribution in [1.29, 1.82) is 0 Å². The highest BCUT2D eigenvalue weighted by molar-refractivity contribution is 5.78. The molecule has 0 bridgehead atoms. The van der Waals surface area contributed by atoms with Crippen molar-refractivity contribution >= 4 is 11.6 Å². The number of aryl methyl sites for hydroxylation is 2. The molecule has 4 heteroatoms. The maximum absolute atomic E-state index is 12.1. The fourth-order valence-corrected chi connectivity index (χ4v) is 2.42. The molecule has 0 radical (unpaired) electrons. The summed E-state index contributed by atoms with van der Waals surface area (Å²) in [5.74, 6) is 0.875. The molecule has 0 saturated carbocycles. The Balaban J connectivity index is 1.83. The molecule has 0 aliphatic rings. The number of nitrogens with two attached hydrogens (primary N) is 1. The van der Waals surface area contributed by atoms with Crippen molar-refractivity contribution in [2.24, 2.45) is 0 Å². The molecule has 1 atom stereocenters. The monoisotopic (exact) mass is 312 g/mol. The van der Waals surface area contributed by atoms with E-state index in [2.05, 4.69) is 5.32 Å². The summed E-state index contributed by atoms with van der Waals surface area (Å²) in [6.07, 6.45) is 0.341. The maximum Gasteiger partial charge on any atom is 0.224 e. The molecule has 0 spiro atoms. The average molecular weight is 312 g/mol. The molecule has 2 aromatic carbocycles. The standard InChI is InChI=1S/C19H24N2O2/c1-13-5-4-6-14(2)19(13)23-12-15(3)21-18(22)11-16-7-9-17(20)10-8-16/h4-10,15H,11-12,20H2,1-3H3,(H,21,22). The number of para-hydroxylation sites is 1. The lowest BCUT2D eigenvalue weighted by atomic mass is 10.1. The van der Waals surface area contributed by atoms with Crippen LogP contribution in [0.1, 0.15) is 23.6 Å². The van der Waals surface area contributed by atoms with Crippen molar-refractivity contribution in [3.8, 4) is 5.75 Å². The Bertz CT molecular complexity index is 645. The van der Waals surface area contributed by atoms with E-state index < -0.39 is 0 Å². The molecule has 0 aliphatic carbocycles. The highest BCUT2D eigenvalue weighted by atomic mass is 16.5. The first kappa shape index (κ1) is 16.9. The lowest BCUT2D eigenvalue weighted by Crippen LogP contribution is -2.37. The lowest BCUT2D eigenvalue weighted by Gasteiger charge is -2.17. The van der Waals surface area contributed by atoms with E-state index in [1.165, 1.54) is 0 Å². The second-order valence-electron chi connectivity index (χ2n) is 5.92. The smallest absolute Gasteiger partial charge is 0.224 e. The molecule has 1 amide bonds. The number of anilines is 1. The van der Waals surface area contributed by atoms with Gasteiger partial charge in [0.1, 0.15) is 12.4 Å². The van der Waals surface area contributed by atoms with Gasteiger partial charge in [-0.25, -0.2) is 0 Å². The zero-order chi connectivity index (χ0) is 16.8. The molecule has 0 fully saturated rings. The quantitative estimate of drug-likeness (QED) is 0.806. The molecular weight excluding hydrogens is 288 g/mol. The van der Waals surface area contributed by atoms with Crippen LogP contribution in [0.15, 0.2) is 42.5 Å². The van der Waals surface area contributed by atoms with E-state index in [0.29, 0.717) is 18.7 Å². The van der Waals surface area contributed by atoms with Gasteiger partial charge in [0.25, 0.3) is 0 Å². The largest absolute Gasteiger partial charge is 0.491 e. The van der Waals surface area contributed by atoms with Crippen LogP contribution >= 0.6 is 0 Å². The van der Waals surface area contributed by atoms with Gasteiger partial charge in [-0.05, 0) is 49.6 Å². The van der Waals surface area contributed by atoms with Gasteiger partial charge >= 0.3 is 0 Å². The van der Waals surface area contributed by atoms with Crippen molar-refractivity contribution in [2.45, 2.75) is 33.2 Å². The molecule has 0 aromatic heterocycles. The van der Waals surface area contributed by atoms with Gasteiger partial charge in [0.15, 0.2) is 0 Å². The van der Waals surface area contributed by atoms with Crippen LogP contribution in [-0.4, -0.2) is 18.6 Å². The van der Waals surface area contributed by atoms with Crippen molar-refractivity contribution in [3.63, 3.8) is 0 Å². The highest BCUT2D eigenvalue weighted by Gasteiger charge is 2.10. The summed E-state index contributed by atoms with van der Waals surface area (Å²) in [6.45, 7) is 6.42. The Kier molecular flexibility index (Phi) is 5.63. The summed E-state index contributed by atoms with van der Waals surface area (Å²) < 4.78 is 5.86. The van der Waals surface area contributed by atoms with E-state index in [-0.39, 0.29) is 11.9 Å². The Hall–Kier alpha value is -2.49. The van der Waals surface area contributed by atoms with Gasteiger partial charge in [-0.3, -0.25) is 4.79 Å². The summed E-state index contributed by atoms with van der Waals surface area (Å²) >= 11 is 0. The zero-order valence-corrected chi connectivity index (χ0v) is 13.9. The molecule has 0 heterocycles. The van der Waals surface area contributed by atoms with E-state index in [9.17, 15) is 4.79 Å². The Morgan fingerprint density at radius 3 is 2.35 bits per heavy atom. The molecular formula is C19H24N2O2. The van der Waals surface area contributed by atoms with Crippen LogP contribution in [0.3, 0.4) is 0 Å². The third kappa shape index (κ3) is 5.02. The van der Waals surface area contributed by atoms with Crippen LogP contribution in [0.4, 0.5) is 5.69 Å². The molecule has 4 nitrogen and oxygen atoms in total. The number of rotatable bonds is 6. The normalized spacial score (nSPS) is 11.8. The van der Waals surface area contributed by atoms with Gasteiger partial charge in [0.2, 0.25) is 5.91 Å². The minimum atomic E-state index is -0.0599. The topological polar surface area (TPSA) is 64.3 Å². The second kappa shape index (κ2) is 7.68. The summed E-state index contributed by atoms with van der Waals surface area (Å²) in [5, 5.41) is 2.96. The van der Waals surface area contributed by atoms with Gasteiger partial charge < -0.3 is 15.8 Å². The second-order valence-corrected chi connectivity index (χ2v) is 5.92. The van der Waals surface area contributed by atoms with Gasteiger partial charge in [-0.2, -0.15) is 0 Å². The van der Waals surface area contributed by atoms with Crippen LogP contribution in [0.2, 0.25) is 0 Å². The van der Waals surface area contributed by atoms with Crippen LogP contribution < -0.4 is 15.8 Å². The first-order chi connectivity index (χ1) is 11.0. The molecule has 2 rings (SSSR count). The van der Waals surface area contributed by atoms with Gasteiger partial charge in [0, 0.05) is 5.69 Å². The van der Waals surface area contributed by atoms with Gasteiger partial charge in [-0.1, -0.05) is 30.3 Å². The number of hydrogen-bond donors (Lipinski definition) is 2. The summed E-state index contributed by atoms with van der Waals surface area (Å²) in [5.41, 5.74) is 9.49. The van der Waals surface area contributed by atoms with Crippen LogP contribution in [0, 0.1) is 13.8 Å². The van der Waals surface area contributed by atoms with Crippen molar-refractivity contribution in [2.75, 3.05) is 12.3 Å². The molecule has 1 unspecified atom stereocenters. The van der Waals surface area contributed by atoms with Crippen LogP contribution in [0.5, 0.6) is 5.75 Å². The predicted molar refractivity (Wildman–Crippen MR) is 93.6 cm³/mol. The summed E-state index contributed by atoms with van der Waals surface area (Å²) in [6, 6.07) is 13.3. The van der Waals surface area contributed by atoms with Crippen LogP contribution in [0.25, 0.3) is 0 Å². The fourth-order valence-electron chi connectivity index (χ4n) is 2.42. The maximum atomic E-state index is 12.1. The number of nitrogen functional groups attached to an aromatic ring is 1. The van der Waals surface area contributed by atoms with E-state index in [4.69, 9.17) is 10.5 Å². The van der Waals surface area contributed by atoms with E-state index in [1.807, 2.05) is 51.1 Å². The number of nitrogens with one attached hydrogen (secondary N) is 1. The van der Waals surface area contributed by atoms with Crippen LogP contribution in [-0.2, 0) is 11.2 Å². The minimum Gasteiger partial charge on any atom is -0.491 e. The first-order valence-electron chi connectivity index (χ1n) is 7.78. The zero-order valence-electron chi connectivity index (χ0n) is 13.9.